The van der Waals surface area contributed by atoms with Crippen molar-refractivity contribution in [1.29, 1.82) is 0 Å². The monoisotopic (exact) mass is 270 g/mol. The second kappa shape index (κ2) is 5.74. The van der Waals surface area contributed by atoms with Gasteiger partial charge in [-0.2, -0.15) is 0 Å². The van der Waals surface area contributed by atoms with Crippen LogP contribution in [0.3, 0.4) is 0 Å². The van der Waals surface area contributed by atoms with Crippen LogP contribution < -0.4 is 4.74 Å². The number of imidazole rings is 1. The Morgan fingerprint density at radius 2 is 1.95 bits per heavy atom. The molecule has 4 heteroatoms. The van der Waals surface area contributed by atoms with Gasteiger partial charge in [-0.25, -0.2) is 4.98 Å². The molecule has 2 rings (SSSR count). The molecule has 1 heterocycles. The topological polar surface area (TPSA) is 44.1 Å². The lowest BCUT2D eigenvalue weighted by Gasteiger charge is -2.19. The van der Waals surface area contributed by atoms with Crippen molar-refractivity contribution in [2.45, 2.75) is 20.8 Å². The highest BCUT2D eigenvalue weighted by Crippen LogP contribution is 2.23. The van der Waals surface area contributed by atoms with Gasteiger partial charge < -0.3 is 9.30 Å². The molecular formula is C16H18N2O2. The van der Waals surface area contributed by atoms with Gasteiger partial charge >= 0.3 is 0 Å². The molecule has 1 aromatic carbocycles. The summed E-state index contributed by atoms with van der Waals surface area (Å²) in [5.41, 5.74) is -0.513. The minimum absolute atomic E-state index is 0.0601. The zero-order valence-electron chi connectivity index (χ0n) is 11.9. The Labute approximate surface area is 118 Å². The minimum Gasteiger partial charge on any atom is -0.452 e. The Kier molecular flexibility index (Phi) is 4.03. The summed E-state index contributed by atoms with van der Waals surface area (Å²) in [6.07, 6.45) is 6.67. The average molecular weight is 270 g/mol. The first kappa shape index (κ1) is 14.1. The molecule has 2 aromatic rings. The number of para-hydroxylation sites is 1. The predicted octanol–water partition coefficient (Wildman–Crippen LogP) is 3.38. The lowest BCUT2D eigenvalue weighted by atomic mass is 9.90. The van der Waals surface area contributed by atoms with Gasteiger partial charge in [0.05, 0.1) is 12.5 Å². The number of Topliss-reactive ketones (excluding diaryl/α,β-unsaturated/α-hetero) is 1. The van der Waals surface area contributed by atoms with E-state index in [0.29, 0.717) is 11.5 Å². The normalized spacial score (nSPS) is 12.2. The summed E-state index contributed by atoms with van der Waals surface area (Å²) >= 11 is 0. The standard InChI is InChI=1S/C16H18N2O2/c1-16(2,3)15(19)14(11-18-10-9-17-12-18)20-13-7-5-4-6-8-13/h4-12H,1-3H3/b14-11+. The van der Waals surface area contributed by atoms with E-state index in [4.69, 9.17) is 4.74 Å². The molecule has 0 saturated carbocycles. The first-order valence-electron chi connectivity index (χ1n) is 6.44. The van der Waals surface area contributed by atoms with Crippen molar-refractivity contribution in [2.24, 2.45) is 5.41 Å². The Bertz CT molecular complexity index is 593. The number of allylic oxidation sites excluding steroid dienone is 1. The van der Waals surface area contributed by atoms with E-state index in [1.54, 1.807) is 29.5 Å². The molecule has 0 bridgehead atoms. The van der Waals surface area contributed by atoms with Gasteiger partial charge in [-0.1, -0.05) is 39.0 Å². The molecule has 0 fully saturated rings. The van der Waals surface area contributed by atoms with Crippen molar-refractivity contribution in [2.75, 3.05) is 0 Å². The van der Waals surface area contributed by atoms with Crippen LogP contribution >= 0.6 is 0 Å². The highest BCUT2D eigenvalue weighted by Gasteiger charge is 2.27. The largest absolute Gasteiger partial charge is 0.452 e. The average Bonchev–Trinajstić information content (AvgIpc) is 2.90. The van der Waals surface area contributed by atoms with E-state index in [0.717, 1.165) is 0 Å². The number of nitrogens with zero attached hydrogens (tertiary/aromatic N) is 2. The van der Waals surface area contributed by atoms with Crippen LogP contribution in [0.1, 0.15) is 20.8 Å². The van der Waals surface area contributed by atoms with E-state index in [2.05, 4.69) is 4.98 Å². The van der Waals surface area contributed by atoms with Gasteiger partial charge in [0.15, 0.2) is 5.76 Å². The molecule has 0 aliphatic rings. The highest BCUT2D eigenvalue weighted by atomic mass is 16.5. The summed E-state index contributed by atoms with van der Waals surface area (Å²) in [6, 6.07) is 9.27. The summed E-state index contributed by atoms with van der Waals surface area (Å²) in [7, 11) is 0. The van der Waals surface area contributed by atoms with Crippen LogP contribution in [0.4, 0.5) is 0 Å². The predicted molar refractivity (Wildman–Crippen MR) is 78.0 cm³/mol. The first-order valence-corrected chi connectivity index (χ1v) is 6.44. The van der Waals surface area contributed by atoms with E-state index in [1.807, 2.05) is 51.1 Å². The first-order chi connectivity index (χ1) is 9.47. The maximum atomic E-state index is 12.5. The van der Waals surface area contributed by atoms with E-state index < -0.39 is 5.41 Å². The maximum Gasteiger partial charge on any atom is 0.204 e. The molecule has 0 aliphatic carbocycles. The van der Waals surface area contributed by atoms with Gasteiger partial charge in [-0.3, -0.25) is 4.79 Å². The second-order valence-electron chi connectivity index (χ2n) is 5.50. The van der Waals surface area contributed by atoms with Crippen molar-refractivity contribution in [3.05, 3.63) is 54.8 Å². The number of hydrogen-bond donors (Lipinski definition) is 0. The Morgan fingerprint density at radius 3 is 2.50 bits per heavy atom. The molecule has 0 radical (unpaired) electrons. The SMILES string of the molecule is CC(C)(C)C(=O)/C(=C\n1ccnc1)Oc1ccccc1. The lowest BCUT2D eigenvalue weighted by molar-refractivity contribution is -0.124. The van der Waals surface area contributed by atoms with Gasteiger partial charge in [-0.05, 0) is 12.1 Å². The molecule has 4 nitrogen and oxygen atoms in total. The molecule has 0 atom stereocenters. The van der Waals surface area contributed by atoms with E-state index in [-0.39, 0.29) is 5.78 Å². The van der Waals surface area contributed by atoms with Crippen molar-refractivity contribution in [3.8, 4) is 5.75 Å². The Morgan fingerprint density at radius 1 is 1.25 bits per heavy atom. The molecule has 0 aliphatic heterocycles. The van der Waals surface area contributed by atoms with Gasteiger partial charge in [-0.15, -0.1) is 0 Å². The molecular weight excluding hydrogens is 252 g/mol. The molecule has 0 unspecified atom stereocenters. The Hall–Kier alpha value is -2.36. The Balaban J connectivity index is 2.32. The summed E-state index contributed by atoms with van der Waals surface area (Å²) in [5, 5.41) is 0. The molecule has 0 amide bonds. The lowest BCUT2D eigenvalue weighted by Crippen LogP contribution is -2.25. The van der Waals surface area contributed by atoms with Crippen molar-refractivity contribution >= 4 is 12.0 Å². The number of carbonyl (C=O) groups excluding carboxylic acids is 1. The zero-order valence-corrected chi connectivity index (χ0v) is 11.9. The molecule has 0 N–H and O–H groups in total. The fraction of sp³-hybridized carbons (Fsp3) is 0.250. The fourth-order valence-electron chi connectivity index (χ4n) is 1.60. The summed E-state index contributed by atoms with van der Waals surface area (Å²) < 4.78 is 7.44. The fourth-order valence-corrected chi connectivity index (χ4v) is 1.60. The molecule has 0 saturated heterocycles. The third-order valence-corrected chi connectivity index (χ3v) is 2.67. The van der Waals surface area contributed by atoms with E-state index >= 15 is 0 Å². The number of hydrogen-bond acceptors (Lipinski definition) is 3. The molecule has 104 valence electrons. The summed E-state index contributed by atoms with van der Waals surface area (Å²) in [6.45, 7) is 5.60. The maximum absolute atomic E-state index is 12.5. The number of ether oxygens (including phenoxy) is 1. The second-order valence-corrected chi connectivity index (χ2v) is 5.50. The molecule has 0 spiro atoms. The molecule has 20 heavy (non-hydrogen) atoms. The number of carbonyl (C=O) groups is 1. The van der Waals surface area contributed by atoms with Crippen LogP contribution in [-0.4, -0.2) is 15.3 Å². The third kappa shape index (κ3) is 3.57. The van der Waals surface area contributed by atoms with E-state index in [9.17, 15) is 4.79 Å². The zero-order chi connectivity index (χ0) is 14.6. The van der Waals surface area contributed by atoms with Crippen LogP contribution in [0.25, 0.3) is 6.20 Å². The van der Waals surface area contributed by atoms with Gasteiger partial charge in [0.2, 0.25) is 5.78 Å². The summed E-state index contributed by atoms with van der Waals surface area (Å²) in [5.74, 6) is 0.869. The van der Waals surface area contributed by atoms with Crippen LogP contribution in [0.2, 0.25) is 0 Å². The summed E-state index contributed by atoms with van der Waals surface area (Å²) in [4.78, 5) is 16.4. The smallest absolute Gasteiger partial charge is 0.204 e. The number of ketones is 1. The van der Waals surface area contributed by atoms with Crippen molar-refractivity contribution < 1.29 is 9.53 Å². The van der Waals surface area contributed by atoms with Crippen LogP contribution in [0.5, 0.6) is 5.75 Å². The highest BCUT2D eigenvalue weighted by molar-refractivity contribution is 6.00. The third-order valence-electron chi connectivity index (χ3n) is 2.67. The van der Waals surface area contributed by atoms with Crippen LogP contribution in [-0.2, 0) is 4.79 Å². The van der Waals surface area contributed by atoms with Crippen molar-refractivity contribution in [1.82, 2.24) is 9.55 Å². The minimum atomic E-state index is -0.513. The number of aromatic nitrogens is 2. The van der Waals surface area contributed by atoms with Crippen LogP contribution in [0, 0.1) is 5.41 Å². The van der Waals surface area contributed by atoms with E-state index in [1.165, 1.54) is 0 Å². The number of rotatable bonds is 4. The van der Waals surface area contributed by atoms with Crippen molar-refractivity contribution in [3.63, 3.8) is 0 Å². The van der Waals surface area contributed by atoms with Gasteiger partial charge in [0.1, 0.15) is 5.75 Å². The van der Waals surface area contributed by atoms with Crippen LogP contribution in [0.15, 0.2) is 54.8 Å². The molecule has 1 aromatic heterocycles. The quantitative estimate of drug-likeness (QED) is 0.632. The number of benzene rings is 1. The van der Waals surface area contributed by atoms with Gasteiger partial charge in [0.25, 0.3) is 0 Å². The van der Waals surface area contributed by atoms with Gasteiger partial charge in [0, 0.05) is 17.8 Å².